The quantitative estimate of drug-likeness (QED) is 0.880. The van der Waals surface area contributed by atoms with E-state index in [1.807, 2.05) is 18.2 Å². The van der Waals surface area contributed by atoms with Gasteiger partial charge in [0.1, 0.15) is 0 Å². The molecule has 4 rings (SSSR count). The molecule has 5 nitrogen and oxygen atoms in total. The molecule has 0 radical (unpaired) electrons. The summed E-state index contributed by atoms with van der Waals surface area (Å²) in [6.07, 6.45) is 5.06. The van der Waals surface area contributed by atoms with Crippen molar-refractivity contribution in [3.63, 3.8) is 0 Å². The maximum Gasteiger partial charge on any atom is 0.417 e. The summed E-state index contributed by atoms with van der Waals surface area (Å²) >= 11 is 0. The molecule has 106 valence electrons. The van der Waals surface area contributed by atoms with E-state index in [1.165, 1.54) is 25.7 Å². The number of oxazole rings is 1. The molecule has 0 aliphatic carbocycles. The molecule has 1 aromatic carbocycles. The van der Waals surface area contributed by atoms with Crippen LogP contribution in [-0.4, -0.2) is 35.1 Å². The Balaban J connectivity index is 1.54. The van der Waals surface area contributed by atoms with Gasteiger partial charge in [-0.2, -0.15) is 0 Å². The highest BCUT2D eigenvalue weighted by molar-refractivity contribution is 5.76. The van der Waals surface area contributed by atoms with E-state index in [0.717, 1.165) is 23.3 Å². The van der Waals surface area contributed by atoms with E-state index in [2.05, 4.69) is 22.2 Å². The van der Waals surface area contributed by atoms with Crippen molar-refractivity contribution in [2.45, 2.75) is 43.8 Å². The minimum atomic E-state index is -0.394. The monoisotopic (exact) mass is 273 g/mol. The fraction of sp³-hybridized carbons (Fsp3) is 0.533. The normalized spacial score (nSPS) is 29.9. The van der Waals surface area contributed by atoms with Crippen molar-refractivity contribution in [2.75, 3.05) is 12.4 Å². The fourth-order valence-corrected chi connectivity index (χ4v) is 3.81. The second kappa shape index (κ2) is 4.38. The number of rotatable bonds is 2. The van der Waals surface area contributed by atoms with Gasteiger partial charge >= 0.3 is 5.76 Å². The van der Waals surface area contributed by atoms with Crippen LogP contribution in [0, 0.1) is 0 Å². The zero-order valence-corrected chi connectivity index (χ0v) is 11.6. The van der Waals surface area contributed by atoms with Gasteiger partial charge in [0.2, 0.25) is 0 Å². The number of hydrogen-bond donors (Lipinski definition) is 2. The molecule has 0 saturated carbocycles. The molecule has 2 N–H and O–H groups in total. The number of H-pyrrole nitrogens is 1. The number of aromatic nitrogens is 1. The third kappa shape index (κ3) is 1.93. The van der Waals surface area contributed by atoms with Crippen LogP contribution in [0.1, 0.15) is 25.7 Å². The number of fused-ring (bicyclic) bond motifs is 3. The molecular weight excluding hydrogens is 254 g/mol. The van der Waals surface area contributed by atoms with Gasteiger partial charge in [-0.3, -0.25) is 4.98 Å². The molecule has 2 fully saturated rings. The third-order valence-electron chi connectivity index (χ3n) is 4.89. The van der Waals surface area contributed by atoms with Gasteiger partial charge in [-0.25, -0.2) is 4.79 Å². The van der Waals surface area contributed by atoms with Crippen molar-refractivity contribution in [3.05, 3.63) is 28.7 Å². The minimum absolute atomic E-state index is 0.394. The molecule has 5 heteroatoms. The number of piperidine rings is 1. The number of anilines is 1. The Morgan fingerprint density at radius 2 is 2.05 bits per heavy atom. The predicted octanol–water partition coefficient (Wildman–Crippen LogP) is 2.16. The lowest BCUT2D eigenvalue weighted by molar-refractivity contribution is 0.169. The molecule has 2 aromatic rings. The average Bonchev–Trinajstić information content (AvgIpc) is 2.85. The standard InChI is InChI=1S/C15H19N3O2/c1-18-11-3-4-12(18)7-10(6-11)16-9-2-5-14-13(8-9)17-15(19)20-14/h2,5,8,10-12,16H,3-4,6-7H2,1H3,(H,17,19). The van der Waals surface area contributed by atoms with Gasteiger partial charge in [-0.15, -0.1) is 0 Å². The van der Waals surface area contributed by atoms with Crippen LogP contribution in [0.3, 0.4) is 0 Å². The van der Waals surface area contributed by atoms with Gasteiger partial charge in [-0.05, 0) is 50.9 Å². The number of nitrogens with zero attached hydrogens (tertiary/aromatic N) is 1. The van der Waals surface area contributed by atoms with Crippen LogP contribution in [0.15, 0.2) is 27.4 Å². The van der Waals surface area contributed by atoms with Gasteiger partial charge in [0, 0.05) is 23.8 Å². The summed E-state index contributed by atoms with van der Waals surface area (Å²) in [6.45, 7) is 0. The Bertz CT molecular complexity index is 676. The van der Waals surface area contributed by atoms with Crippen molar-refractivity contribution in [3.8, 4) is 0 Å². The van der Waals surface area contributed by atoms with E-state index in [9.17, 15) is 4.79 Å². The molecular formula is C15H19N3O2. The SMILES string of the molecule is CN1C2CCC1CC(Nc1ccc3oc(=O)[nH]c3c1)C2. The number of hydrogen-bond acceptors (Lipinski definition) is 4. The number of nitrogens with one attached hydrogen (secondary N) is 2. The van der Waals surface area contributed by atoms with Crippen LogP contribution < -0.4 is 11.1 Å². The molecule has 0 spiro atoms. The minimum Gasteiger partial charge on any atom is -0.408 e. The molecule has 2 aliphatic heterocycles. The third-order valence-corrected chi connectivity index (χ3v) is 4.89. The average molecular weight is 273 g/mol. The topological polar surface area (TPSA) is 61.3 Å². The molecule has 2 bridgehead atoms. The van der Waals surface area contributed by atoms with Crippen LogP contribution in [0.4, 0.5) is 5.69 Å². The molecule has 2 saturated heterocycles. The van der Waals surface area contributed by atoms with Gasteiger partial charge in [-0.1, -0.05) is 0 Å². The zero-order chi connectivity index (χ0) is 13.7. The zero-order valence-electron chi connectivity index (χ0n) is 11.6. The summed E-state index contributed by atoms with van der Waals surface area (Å²) in [5, 5.41) is 3.61. The summed E-state index contributed by atoms with van der Waals surface area (Å²) in [5.41, 5.74) is 2.43. The van der Waals surface area contributed by atoms with Crippen LogP contribution in [0.5, 0.6) is 0 Å². The lowest BCUT2D eigenvalue weighted by Crippen LogP contribution is -2.44. The molecule has 1 aromatic heterocycles. The first-order chi connectivity index (χ1) is 9.69. The predicted molar refractivity (Wildman–Crippen MR) is 78.1 cm³/mol. The molecule has 20 heavy (non-hydrogen) atoms. The summed E-state index contributed by atoms with van der Waals surface area (Å²) < 4.78 is 5.03. The molecule has 2 unspecified atom stereocenters. The van der Waals surface area contributed by atoms with Gasteiger partial charge in [0.05, 0.1) is 5.52 Å². The largest absolute Gasteiger partial charge is 0.417 e. The van der Waals surface area contributed by atoms with Crippen molar-refractivity contribution in [1.82, 2.24) is 9.88 Å². The first kappa shape index (κ1) is 12.0. The van der Waals surface area contributed by atoms with Crippen molar-refractivity contribution < 1.29 is 4.42 Å². The second-order valence-electron chi connectivity index (χ2n) is 6.09. The van der Waals surface area contributed by atoms with Gasteiger partial charge in [0.25, 0.3) is 0 Å². The fourth-order valence-electron chi connectivity index (χ4n) is 3.81. The first-order valence-corrected chi connectivity index (χ1v) is 7.30. The van der Waals surface area contributed by atoms with Gasteiger partial charge in [0.15, 0.2) is 5.58 Å². The summed E-state index contributed by atoms with van der Waals surface area (Å²) in [4.78, 5) is 16.4. The van der Waals surface area contributed by atoms with E-state index in [0.29, 0.717) is 11.6 Å². The van der Waals surface area contributed by atoms with E-state index >= 15 is 0 Å². The highest BCUT2D eigenvalue weighted by Gasteiger charge is 2.38. The lowest BCUT2D eigenvalue weighted by atomic mass is 9.98. The molecule has 2 aliphatic rings. The number of benzene rings is 1. The smallest absolute Gasteiger partial charge is 0.408 e. The number of aromatic amines is 1. The van der Waals surface area contributed by atoms with E-state index in [1.54, 1.807) is 0 Å². The van der Waals surface area contributed by atoms with Crippen molar-refractivity contribution >= 4 is 16.8 Å². The Morgan fingerprint density at radius 1 is 1.30 bits per heavy atom. The second-order valence-corrected chi connectivity index (χ2v) is 6.09. The first-order valence-electron chi connectivity index (χ1n) is 7.30. The summed E-state index contributed by atoms with van der Waals surface area (Å²) in [7, 11) is 2.25. The van der Waals surface area contributed by atoms with E-state index < -0.39 is 5.76 Å². The highest BCUT2D eigenvalue weighted by atomic mass is 16.4. The van der Waals surface area contributed by atoms with Crippen molar-refractivity contribution in [2.24, 2.45) is 0 Å². The Kier molecular flexibility index (Phi) is 2.63. The highest BCUT2D eigenvalue weighted by Crippen LogP contribution is 2.35. The van der Waals surface area contributed by atoms with Crippen LogP contribution in [0.2, 0.25) is 0 Å². The maximum absolute atomic E-state index is 11.2. The van der Waals surface area contributed by atoms with E-state index in [-0.39, 0.29) is 0 Å². The van der Waals surface area contributed by atoms with Crippen LogP contribution in [0.25, 0.3) is 11.1 Å². The molecule has 0 amide bonds. The summed E-state index contributed by atoms with van der Waals surface area (Å²) in [6, 6.07) is 7.77. The molecule has 2 atom stereocenters. The maximum atomic E-state index is 11.2. The molecule has 3 heterocycles. The Morgan fingerprint density at radius 3 is 2.80 bits per heavy atom. The Hall–Kier alpha value is -1.75. The van der Waals surface area contributed by atoms with Crippen LogP contribution >= 0.6 is 0 Å². The lowest BCUT2D eigenvalue weighted by Gasteiger charge is -2.37. The van der Waals surface area contributed by atoms with Gasteiger partial charge < -0.3 is 14.6 Å². The van der Waals surface area contributed by atoms with E-state index in [4.69, 9.17) is 4.42 Å². The summed E-state index contributed by atoms with van der Waals surface area (Å²) in [5.74, 6) is -0.394. The van der Waals surface area contributed by atoms with Crippen molar-refractivity contribution in [1.29, 1.82) is 0 Å². The Labute approximate surface area is 117 Å². The van der Waals surface area contributed by atoms with Crippen LogP contribution in [-0.2, 0) is 0 Å².